The normalized spacial score (nSPS) is 21.3. The van der Waals surface area contributed by atoms with E-state index in [-0.39, 0.29) is 0 Å². The first-order chi connectivity index (χ1) is 7.31. The molecule has 1 unspecified atom stereocenters. The van der Waals surface area contributed by atoms with Crippen LogP contribution in [-0.2, 0) is 0 Å². The van der Waals surface area contributed by atoms with Crippen LogP contribution in [0, 0.1) is 6.92 Å². The molecule has 0 aliphatic carbocycles. The number of nitrogens with zero attached hydrogens (tertiary/aromatic N) is 1. The zero-order valence-corrected chi connectivity index (χ0v) is 9.51. The average Bonchev–Trinajstić information content (AvgIpc) is 2.30. The van der Waals surface area contributed by atoms with Crippen LogP contribution >= 0.6 is 0 Å². The Labute approximate surface area is 91.3 Å². The number of hydrogen-bond donors (Lipinski definition) is 2. The summed E-state index contributed by atoms with van der Waals surface area (Å²) < 4.78 is 0. The molecule has 2 heterocycles. The molecule has 0 amide bonds. The van der Waals surface area contributed by atoms with Gasteiger partial charge >= 0.3 is 0 Å². The Balaban J connectivity index is 2.19. The summed E-state index contributed by atoms with van der Waals surface area (Å²) in [5.41, 5.74) is 2.50. The molecule has 0 radical (unpaired) electrons. The Bertz CT molecular complexity index is 330. The van der Waals surface area contributed by atoms with Crippen LogP contribution in [0.2, 0.25) is 0 Å². The van der Waals surface area contributed by atoms with Crippen LogP contribution in [-0.4, -0.2) is 18.6 Å². The van der Waals surface area contributed by atoms with E-state index in [0.717, 1.165) is 18.1 Å². The third-order valence-corrected chi connectivity index (χ3v) is 3.07. The van der Waals surface area contributed by atoms with Crippen LogP contribution in [0.15, 0.2) is 12.1 Å². The SMILES string of the molecule is CNc1ccc(C2CCCCN2)c(C)n1. The van der Waals surface area contributed by atoms with Crippen molar-refractivity contribution in [1.82, 2.24) is 10.3 Å². The molecular formula is C12H19N3. The van der Waals surface area contributed by atoms with Crippen molar-refractivity contribution in [2.24, 2.45) is 0 Å². The van der Waals surface area contributed by atoms with Gasteiger partial charge in [-0.3, -0.25) is 0 Å². The fraction of sp³-hybridized carbons (Fsp3) is 0.583. The van der Waals surface area contributed by atoms with Crippen LogP contribution in [0.5, 0.6) is 0 Å². The zero-order valence-electron chi connectivity index (χ0n) is 9.51. The van der Waals surface area contributed by atoms with E-state index in [1.54, 1.807) is 0 Å². The Morgan fingerprint density at radius 3 is 2.87 bits per heavy atom. The van der Waals surface area contributed by atoms with Gasteiger partial charge in [0.05, 0.1) is 0 Å². The third kappa shape index (κ3) is 2.29. The lowest BCUT2D eigenvalue weighted by atomic mass is 9.96. The molecule has 0 bridgehead atoms. The Morgan fingerprint density at radius 2 is 2.27 bits per heavy atom. The maximum Gasteiger partial charge on any atom is 0.125 e. The standard InChI is InChI=1S/C12H19N3/c1-9-10(6-7-12(13-2)15-9)11-5-3-4-8-14-11/h6-7,11,14H,3-5,8H2,1-2H3,(H,13,15). The van der Waals surface area contributed by atoms with E-state index in [1.807, 2.05) is 7.05 Å². The first-order valence-electron chi connectivity index (χ1n) is 5.70. The molecule has 0 saturated carbocycles. The van der Waals surface area contributed by atoms with Crippen LogP contribution in [0.25, 0.3) is 0 Å². The number of piperidine rings is 1. The summed E-state index contributed by atoms with van der Waals surface area (Å²) in [6.45, 7) is 3.23. The molecule has 2 N–H and O–H groups in total. The van der Waals surface area contributed by atoms with E-state index in [1.165, 1.54) is 24.8 Å². The highest BCUT2D eigenvalue weighted by atomic mass is 15.0. The molecule has 1 aromatic rings. The number of aromatic nitrogens is 1. The highest BCUT2D eigenvalue weighted by Crippen LogP contribution is 2.25. The second-order valence-corrected chi connectivity index (χ2v) is 4.12. The number of pyridine rings is 1. The van der Waals surface area contributed by atoms with Crippen molar-refractivity contribution in [1.29, 1.82) is 0 Å². The van der Waals surface area contributed by atoms with Gasteiger partial charge in [0.2, 0.25) is 0 Å². The van der Waals surface area contributed by atoms with Crippen LogP contribution in [0.1, 0.15) is 36.6 Å². The molecular weight excluding hydrogens is 186 g/mol. The van der Waals surface area contributed by atoms with Gasteiger partial charge in [0.1, 0.15) is 5.82 Å². The van der Waals surface area contributed by atoms with E-state index in [0.29, 0.717) is 6.04 Å². The summed E-state index contributed by atoms with van der Waals surface area (Å²) in [6, 6.07) is 4.76. The molecule has 3 nitrogen and oxygen atoms in total. The molecule has 0 aromatic carbocycles. The van der Waals surface area contributed by atoms with Gasteiger partial charge in [-0.2, -0.15) is 0 Å². The number of hydrogen-bond acceptors (Lipinski definition) is 3. The number of nitrogens with one attached hydrogen (secondary N) is 2. The van der Waals surface area contributed by atoms with Crippen molar-refractivity contribution in [2.45, 2.75) is 32.2 Å². The quantitative estimate of drug-likeness (QED) is 0.777. The lowest BCUT2D eigenvalue weighted by Gasteiger charge is -2.25. The van der Waals surface area contributed by atoms with Crippen molar-refractivity contribution in [2.75, 3.05) is 18.9 Å². The fourth-order valence-electron chi connectivity index (χ4n) is 2.20. The van der Waals surface area contributed by atoms with Crippen LogP contribution in [0.3, 0.4) is 0 Å². The Kier molecular flexibility index (Phi) is 3.21. The predicted octanol–water partition coefficient (Wildman–Crippen LogP) is 2.25. The van der Waals surface area contributed by atoms with Crippen LogP contribution in [0.4, 0.5) is 5.82 Å². The van der Waals surface area contributed by atoms with Crippen molar-refractivity contribution >= 4 is 5.82 Å². The lowest BCUT2D eigenvalue weighted by molar-refractivity contribution is 0.410. The number of aryl methyl sites for hydroxylation is 1. The lowest BCUT2D eigenvalue weighted by Crippen LogP contribution is -2.27. The van der Waals surface area contributed by atoms with Crippen molar-refractivity contribution in [3.8, 4) is 0 Å². The largest absolute Gasteiger partial charge is 0.373 e. The molecule has 1 fully saturated rings. The third-order valence-electron chi connectivity index (χ3n) is 3.07. The monoisotopic (exact) mass is 205 g/mol. The topological polar surface area (TPSA) is 37.0 Å². The van der Waals surface area contributed by atoms with Gasteiger partial charge in [-0.05, 0) is 37.9 Å². The van der Waals surface area contributed by atoms with Gasteiger partial charge in [-0.25, -0.2) is 4.98 Å². The molecule has 82 valence electrons. The minimum absolute atomic E-state index is 0.511. The van der Waals surface area contributed by atoms with Crippen molar-refractivity contribution in [3.05, 3.63) is 23.4 Å². The average molecular weight is 205 g/mol. The molecule has 15 heavy (non-hydrogen) atoms. The van der Waals surface area contributed by atoms with Crippen molar-refractivity contribution in [3.63, 3.8) is 0 Å². The molecule has 1 aliphatic rings. The van der Waals surface area contributed by atoms with E-state index < -0.39 is 0 Å². The van der Waals surface area contributed by atoms with Gasteiger partial charge in [0.15, 0.2) is 0 Å². The minimum Gasteiger partial charge on any atom is -0.373 e. The summed E-state index contributed by atoms with van der Waals surface area (Å²) in [7, 11) is 1.90. The molecule has 1 aliphatic heterocycles. The van der Waals surface area contributed by atoms with Gasteiger partial charge in [0.25, 0.3) is 0 Å². The first-order valence-corrected chi connectivity index (χ1v) is 5.70. The molecule has 1 atom stereocenters. The maximum atomic E-state index is 4.52. The second kappa shape index (κ2) is 4.62. The van der Waals surface area contributed by atoms with Gasteiger partial charge < -0.3 is 10.6 Å². The summed E-state index contributed by atoms with van der Waals surface area (Å²) in [5.74, 6) is 0.951. The Hall–Kier alpha value is -1.09. The van der Waals surface area contributed by atoms with E-state index in [4.69, 9.17) is 0 Å². The highest BCUT2D eigenvalue weighted by Gasteiger charge is 2.16. The highest BCUT2D eigenvalue weighted by molar-refractivity contribution is 5.38. The van der Waals surface area contributed by atoms with Crippen LogP contribution < -0.4 is 10.6 Å². The smallest absolute Gasteiger partial charge is 0.125 e. The fourth-order valence-corrected chi connectivity index (χ4v) is 2.20. The molecule has 1 aromatic heterocycles. The Morgan fingerprint density at radius 1 is 1.40 bits per heavy atom. The molecule has 1 saturated heterocycles. The minimum atomic E-state index is 0.511. The predicted molar refractivity (Wildman–Crippen MR) is 63.1 cm³/mol. The number of rotatable bonds is 2. The van der Waals surface area contributed by atoms with Gasteiger partial charge in [-0.15, -0.1) is 0 Å². The van der Waals surface area contributed by atoms with Gasteiger partial charge in [0, 0.05) is 18.8 Å². The van der Waals surface area contributed by atoms with E-state index >= 15 is 0 Å². The second-order valence-electron chi connectivity index (χ2n) is 4.12. The van der Waals surface area contributed by atoms with E-state index in [9.17, 15) is 0 Å². The maximum absolute atomic E-state index is 4.52. The number of anilines is 1. The first kappa shape index (κ1) is 10.4. The van der Waals surface area contributed by atoms with Gasteiger partial charge in [-0.1, -0.05) is 12.5 Å². The molecule has 0 spiro atoms. The summed E-state index contributed by atoms with van der Waals surface area (Å²) in [5, 5.41) is 6.62. The molecule has 2 rings (SSSR count). The summed E-state index contributed by atoms with van der Waals surface area (Å²) in [6.07, 6.45) is 3.86. The summed E-state index contributed by atoms with van der Waals surface area (Å²) >= 11 is 0. The van der Waals surface area contributed by atoms with Crippen molar-refractivity contribution < 1.29 is 0 Å². The molecule has 3 heteroatoms. The zero-order chi connectivity index (χ0) is 10.7. The summed E-state index contributed by atoms with van der Waals surface area (Å²) in [4.78, 5) is 4.52. The van der Waals surface area contributed by atoms with E-state index in [2.05, 4.69) is 34.7 Å².